The van der Waals surface area contributed by atoms with E-state index in [9.17, 15) is 33.6 Å². The largest absolute Gasteiger partial charge is 0.325 e. The van der Waals surface area contributed by atoms with Crippen molar-refractivity contribution in [1.82, 2.24) is 0 Å². The fraction of sp³-hybridized carbons (Fsp3) is 0.114. The van der Waals surface area contributed by atoms with Crippen LogP contribution in [0.3, 0.4) is 0 Å². The maximum absolute atomic E-state index is 13.4. The molecule has 216 valence electrons. The lowest BCUT2D eigenvalue weighted by Gasteiger charge is -2.09. The lowest BCUT2D eigenvalue weighted by molar-refractivity contribution is -0.118. The van der Waals surface area contributed by atoms with Gasteiger partial charge in [0.15, 0.2) is 40.8 Å². The Labute approximate surface area is 251 Å². The van der Waals surface area contributed by atoms with Gasteiger partial charge in [-0.3, -0.25) is 33.6 Å². The van der Waals surface area contributed by atoms with E-state index < -0.39 is 52.6 Å². The molecule has 2 amide bonds. The average molecular weight is 585 g/mol. The Hall–Kier alpha value is -5.83. The van der Waals surface area contributed by atoms with Crippen LogP contribution in [0.25, 0.3) is 0 Å². The predicted octanol–water partition coefficient (Wildman–Crippen LogP) is 4.80. The zero-order valence-electron chi connectivity index (χ0n) is 23.6. The van der Waals surface area contributed by atoms with Crippen molar-refractivity contribution in [3.63, 3.8) is 0 Å². The summed E-state index contributed by atoms with van der Waals surface area (Å²) in [5.74, 6) is -8.03. The molecule has 2 atom stereocenters. The van der Waals surface area contributed by atoms with E-state index in [1.165, 1.54) is 36.4 Å². The first-order valence-electron chi connectivity index (χ1n) is 13.8. The first-order chi connectivity index (χ1) is 21.0. The van der Waals surface area contributed by atoms with Crippen LogP contribution in [-0.4, -0.2) is 40.7 Å². The highest BCUT2D eigenvalue weighted by molar-refractivity contribution is 6.38. The molecule has 4 aromatic rings. The summed E-state index contributed by atoms with van der Waals surface area (Å²) in [6.07, 6.45) is 0. The molecule has 9 heteroatoms. The van der Waals surface area contributed by atoms with Gasteiger partial charge in [-0.2, -0.15) is 0 Å². The molecular weight excluding hydrogens is 560 g/mol. The zero-order valence-corrected chi connectivity index (χ0v) is 23.6. The number of aryl methyl sites for hydroxylation is 2. The average Bonchev–Trinajstić information content (AvgIpc) is 3.42. The smallest absolute Gasteiger partial charge is 0.243 e. The van der Waals surface area contributed by atoms with Gasteiger partial charge in [0, 0.05) is 44.8 Å². The molecule has 2 aliphatic carbocycles. The summed E-state index contributed by atoms with van der Waals surface area (Å²) in [6, 6.07) is 21.7. The monoisotopic (exact) mass is 584 g/mol. The predicted molar refractivity (Wildman–Crippen MR) is 160 cm³/mol. The number of ketones is 5. The third-order valence-corrected chi connectivity index (χ3v) is 7.84. The fourth-order valence-electron chi connectivity index (χ4n) is 5.41. The van der Waals surface area contributed by atoms with E-state index in [-0.39, 0.29) is 33.4 Å². The van der Waals surface area contributed by atoms with Gasteiger partial charge >= 0.3 is 0 Å². The Morgan fingerprint density at radius 3 is 1.18 bits per heavy atom. The van der Waals surface area contributed by atoms with Crippen molar-refractivity contribution < 1.29 is 33.6 Å². The second-order valence-corrected chi connectivity index (χ2v) is 10.9. The van der Waals surface area contributed by atoms with Crippen molar-refractivity contribution in [2.45, 2.75) is 13.8 Å². The number of amides is 2. The molecule has 2 unspecified atom stereocenters. The van der Waals surface area contributed by atoms with E-state index in [0.29, 0.717) is 11.4 Å². The number of hydrogen-bond acceptors (Lipinski definition) is 7. The van der Waals surface area contributed by atoms with Crippen LogP contribution in [0.1, 0.15) is 68.5 Å². The Bertz CT molecular complexity index is 1820. The molecule has 0 saturated heterocycles. The van der Waals surface area contributed by atoms with E-state index >= 15 is 0 Å². The summed E-state index contributed by atoms with van der Waals surface area (Å²) < 4.78 is 0. The van der Waals surface area contributed by atoms with Crippen LogP contribution in [0.15, 0.2) is 84.9 Å². The van der Waals surface area contributed by atoms with Crippen molar-refractivity contribution >= 4 is 52.1 Å². The molecular formula is C35H24N2O7. The highest BCUT2D eigenvalue weighted by atomic mass is 16.2. The van der Waals surface area contributed by atoms with E-state index in [4.69, 9.17) is 0 Å². The standard InChI is InChI=1S/C35H24N2O7/c1-17-3-9-21(10-4-17)36-34(43)27-30(39)23-13-7-19(15-25(23)32(27)41)29(38)20-8-14-24-26(16-20)33(42)28(31(24)40)35(44)37-22-11-5-18(2)6-12-22/h3-16,27-28H,1-2H3,(H,36,43)(H,37,44). The van der Waals surface area contributed by atoms with Crippen LogP contribution in [-0.2, 0) is 9.59 Å². The molecule has 0 radical (unpaired) electrons. The summed E-state index contributed by atoms with van der Waals surface area (Å²) in [5, 5.41) is 5.19. The SMILES string of the molecule is Cc1ccc(NC(=O)C2C(=O)c3ccc(C(=O)c4ccc5c(c4)C(=O)C(C(=O)Nc4ccc(C)cc4)C5=O)cc3C2=O)cc1. The summed E-state index contributed by atoms with van der Waals surface area (Å²) in [4.78, 5) is 91.5. The number of rotatable bonds is 6. The van der Waals surface area contributed by atoms with E-state index in [0.717, 1.165) is 11.1 Å². The van der Waals surface area contributed by atoms with Gasteiger partial charge in [-0.1, -0.05) is 47.5 Å². The van der Waals surface area contributed by atoms with E-state index in [1.807, 2.05) is 13.8 Å². The second-order valence-electron chi connectivity index (χ2n) is 10.9. The van der Waals surface area contributed by atoms with Gasteiger partial charge < -0.3 is 10.6 Å². The van der Waals surface area contributed by atoms with Gasteiger partial charge in [0.1, 0.15) is 0 Å². The minimum absolute atomic E-state index is 0.0350. The molecule has 2 aliphatic rings. The maximum atomic E-state index is 13.4. The number of fused-ring (bicyclic) bond motifs is 2. The summed E-state index contributed by atoms with van der Waals surface area (Å²) in [7, 11) is 0. The lowest BCUT2D eigenvalue weighted by Crippen LogP contribution is -2.31. The Morgan fingerprint density at radius 1 is 0.477 bits per heavy atom. The summed E-state index contributed by atoms with van der Waals surface area (Å²) in [5.41, 5.74) is 2.90. The van der Waals surface area contributed by atoms with Crippen LogP contribution in [0, 0.1) is 25.7 Å². The summed E-state index contributed by atoms with van der Waals surface area (Å²) >= 11 is 0. The second kappa shape index (κ2) is 10.8. The van der Waals surface area contributed by atoms with Crippen LogP contribution in [0.4, 0.5) is 11.4 Å². The zero-order chi connectivity index (χ0) is 31.3. The van der Waals surface area contributed by atoms with Gasteiger partial charge in [0.25, 0.3) is 0 Å². The van der Waals surface area contributed by atoms with Crippen molar-refractivity contribution in [3.05, 3.63) is 129 Å². The molecule has 0 spiro atoms. The van der Waals surface area contributed by atoms with Crippen LogP contribution in [0.5, 0.6) is 0 Å². The van der Waals surface area contributed by atoms with Crippen LogP contribution >= 0.6 is 0 Å². The fourth-order valence-corrected chi connectivity index (χ4v) is 5.41. The molecule has 44 heavy (non-hydrogen) atoms. The molecule has 0 aliphatic heterocycles. The number of benzene rings is 4. The van der Waals surface area contributed by atoms with Gasteiger partial charge in [-0.05, 0) is 62.4 Å². The highest BCUT2D eigenvalue weighted by Crippen LogP contribution is 2.32. The molecule has 0 bridgehead atoms. The topological polar surface area (TPSA) is 144 Å². The minimum atomic E-state index is -1.58. The van der Waals surface area contributed by atoms with E-state index in [1.54, 1.807) is 48.5 Å². The third-order valence-electron chi connectivity index (χ3n) is 7.84. The Kier molecular flexibility index (Phi) is 6.93. The number of carbonyl (C=O) groups is 7. The maximum Gasteiger partial charge on any atom is 0.243 e. The molecule has 0 fully saturated rings. The quantitative estimate of drug-likeness (QED) is 0.245. The normalized spacial score (nSPS) is 16.9. The highest BCUT2D eigenvalue weighted by Gasteiger charge is 2.45. The van der Waals surface area contributed by atoms with Crippen molar-refractivity contribution in [2.24, 2.45) is 11.8 Å². The van der Waals surface area contributed by atoms with Crippen molar-refractivity contribution in [3.8, 4) is 0 Å². The van der Waals surface area contributed by atoms with E-state index in [2.05, 4.69) is 10.6 Å². The summed E-state index contributed by atoms with van der Waals surface area (Å²) in [6.45, 7) is 3.77. The first kappa shape index (κ1) is 28.3. The van der Waals surface area contributed by atoms with Gasteiger partial charge in [-0.25, -0.2) is 0 Å². The number of carbonyl (C=O) groups excluding carboxylic acids is 7. The van der Waals surface area contributed by atoms with Crippen molar-refractivity contribution in [2.75, 3.05) is 10.6 Å². The number of Topliss-reactive ketones (excluding diaryl/α,β-unsaturated/α-hetero) is 4. The molecule has 2 N–H and O–H groups in total. The number of anilines is 2. The van der Waals surface area contributed by atoms with Gasteiger partial charge in [0.2, 0.25) is 11.8 Å². The van der Waals surface area contributed by atoms with Crippen molar-refractivity contribution in [1.29, 1.82) is 0 Å². The lowest BCUT2D eigenvalue weighted by atomic mass is 9.96. The van der Waals surface area contributed by atoms with Crippen LogP contribution < -0.4 is 10.6 Å². The number of nitrogens with one attached hydrogen (secondary N) is 2. The van der Waals surface area contributed by atoms with Gasteiger partial charge in [-0.15, -0.1) is 0 Å². The molecule has 0 saturated carbocycles. The third kappa shape index (κ3) is 4.84. The molecule has 0 heterocycles. The van der Waals surface area contributed by atoms with Gasteiger partial charge in [0.05, 0.1) is 0 Å². The molecule has 0 aromatic heterocycles. The Morgan fingerprint density at radius 2 is 0.818 bits per heavy atom. The molecule has 4 aromatic carbocycles. The minimum Gasteiger partial charge on any atom is -0.325 e. The first-order valence-corrected chi connectivity index (χ1v) is 13.8. The number of hydrogen-bond donors (Lipinski definition) is 2. The van der Waals surface area contributed by atoms with Crippen LogP contribution in [0.2, 0.25) is 0 Å². The Balaban J connectivity index is 1.21. The molecule has 9 nitrogen and oxygen atoms in total. The molecule has 6 rings (SSSR count).